The van der Waals surface area contributed by atoms with E-state index < -0.39 is 72.9 Å². The minimum Gasteiger partial charge on any atom is -0.388 e. The number of aliphatic hydroxyl groups is 3. The second kappa shape index (κ2) is 10.2. The maximum absolute atomic E-state index is 11.7. The molecule has 3 aliphatic rings. The van der Waals surface area contributed by atoms with Crippen molar-refractivity contribution in [1.82, 2.24) is 5.32 Å². The summed E-state index contributed by atoms with van der Waals surface area (Å²) in [4.78, 5) is 11.7. The molecule has 0 radical (unpaired) electrons. The molecule has 0 spiro atoms. The zero-order chi connectivity index (χ0) is 23.8. The molecule has 2 heterocycles. The Kier molecular flexibility index (Phi) is 8.27. The van der Waals surface area contributed by atoms with Crippen molar-refractivity contribution < 1.29 is 39.1 Å². The summed E-state index contributed by atoms with van der Waals surface area (Å²) in [6.07, 6.45) is -5.77. The van der Waals surface area contributed by atoms with E-state index in [2.05, 4.69) is 5.32 Å². The number of carbonyl (C=O) groups is 1. The number of Topliss-reactive ketones (excluding diaryl/α,β-unsaturated/α-hetero) is 1. The molecule has 2 aliphatic heterocycles. The Morgan fingerprint density at radius 3 is 2.19 bits per heavy atom. The quantitative estimate of drug-likeness (QED) is 0.207. The molecule has 10 N–H and O–H groups in total. The summed E-state index contributed by atoms with van der Waals surface area (Å²) < 4.78 is 23.1. The minimum absolute atomic E-state index is 0.0884. The molecule has 0 aromatic heterocycles. The van der Waals surface area contributed by atoms with E-state index >= 15 is 0 Å². The van der Waals surface area contributed by atoms with Crippen molar-refractivity contribution in [2.24, 2.45) is 17.2 Å². The first-order valence-electron chi connectivity index (χ1n) is 11.1. The molecule has 12 nitrogen and oxygen atoms in total. The summed E-state index contributed by atoms with van der Waals surface area (Å²) in [5, 5.41) is 35.0. The minimum atomic E-state index is -1.31. The number of hydrogen-bond acceptors (Lipinski definition) is 12. The van der Waals surface area contributed by atoms with Crippen molar-refractivity contribution in [3.63, 3.8) is 0 Å². The molecule has 12 heteroatoms. The number of aliphatic hydroxyl groups excluding tert-OH is 2. The van der Waals surface area contributed by atoms with Crippen molar-refractivity contribution in [3.05, 3.63) is 0 Å². The van der Waals surface area contributed by atoms with E-state index in [9.17, 15) is 20.1 Å². The van der Waals surface area contributed by atoms with Crippen LogP contribution in [-0.2, 0) is 23.7 Å². The summed E-state index contributed by atoms with van der Waals surface area (Å²) in [6, 6.07) is -2.49. The number of hydrogen-bond donors (Lipinski definition) is 7. The van der Waals surface area contributed by atoms with Crippen LogP contribution in [0.25, 0.3) is 0 Å². The first-order chi connectivity index (χ1) is 15.0. The smallest absolute Gasteiger partial charge is 0.185 e. The highest BCUT2D eigenvalue weighted by Gasteiger charge is 2.50. The van der Waals surface area contributed by atoms with Crippen molar-refractivity contribution in [2.75, 3.05) is 13.7 Å². The molecule has 12 atom stereocenters. The standard InChI is InChI=1S/C20H38N4O8/c1-8(25)12-5-4-9(21)18(30-12)31-15-10(22)6-11(23)16(13(15)26)32-19-14(27)17(24-3)20(2,28)7-29-19/h9-19,24,26-28H,4-7,21-23H2,1-3H3. The lowest BCUT2D eigenvalue weighted by molar-refractivity contribution is -0.306. The van der Waals surface area contributed by atoms with Crippen molar-refractivity contribution in [1.29, 1.82) is 0 Å². The third kappa shape index (κ3) is 5.31. The monoisotopic (exact) mass is 462 g/mol. The predicted molar refractivity (Wildman–Crippen MR) is 112 cm³/mol. The van der Waals surface area contributed by atoms with Crippen molar-refractivity contribution in [3.8, 4) is 0 Å². The van der Waals surface area contributed by atoms with Gasteiger partial charge in [-0.1, -0.05) is 0 Å². The van der Waals surface area contributed by atoms with Gasteiger partial charge in [-0.25, -0.2) is 0 Å². The number of ether oxygens (including phenoxy) is 4. The van der Waals surface area contributed by atoms with Gasteiger partial charge < -0.3 is 56.8 Å². The highest BCUT2D eigenvalue weighted by molar-refractivity contribution is 5.80. The average molecular weight is 463 g/mol. The van der Waals surface area contributed by atoms with Gasteiger partial charge in [-0.05, 0) is 40.2 Å². The van der Waals surface area contributed by atoms with Gasteiger partial charge in [0, 0.05) is 12.1 Å². The Hall–Kier alpha value is -0.770. The van der Waals surface area contributed by atoms with Gasteiger partial charge in [0.1, 0.15) is 36.1 Å². The maximum Gasteiger partial charge on any atom is 0.185 e. The molecule has 0 amide bonds. The SMILES string of the molecule is CNC1C(O)C(OC2C(N)CC(N)C(OC3OC(C(C)=O)CCC3N)C2O)OCC1(C)O. The van der Waals surface area contributed by atoms with Crippen LogP contribution in [-0.4, -0.2) is 108 Å². The zero-order valence-corrected chi connectivity index (χ0v) is 18.8. The van der Waals surface area contributed by atoms with E-state index in [1.54, 1.807) is 14.0 Å². The molecule has 12 unspecified atom stereocenters. The fourth-order valence-corrected chi connectivity index (χ4v) is 4.76. The molecule has 3 fully saturated rings. The zero-order valence-electron chi connectivity index (χ0n) is 18.8. The largest absolute Gasteiger partial charge is 0.388 e. The van der Waals surface area contributed by atoms with Crippen LogP contribution in [0, 0.1) is 0 Å². The first-order valence-corrected chi connectivity index (χ1v) is 11.1. The topological polar surface area (TPSA) is 205 Å². The molecule has 32 heavy (non-hydrogen) atoms. The lowest BCUT2D eigenvalue weighted by atomic mass is 9.84. The van der Waals surface area contributed by atoms with Gasteiger partial charge in [0.25, 0.3) is 0 Å². The number of ketones is 1. The number of likely N-dealkylation sites (N-methyl/N-ethyl adjacent to an activating group) is 1. The van der Waals surface area contributed by atoms with Gasteiger partial charge in [0.2, 0.25) is 0 Å². The van der Waals surface area contributed by atoms with E-state index in [1.165, 1.54) is 6.92 Å². The lowest BCUT2D eigenvalue weighted by Gasteiger charge is -2.48. The number of carbonyl (C=O) groups excluding carboxylic acids is 1. The van der Waals surface area contributed by atoms with Crippen LogP contribution in [0.15, 0.2) is 0 Å². The van der Waals surface area contributed by atoms with E-state index in [1.807, 2.05) is 0 Å². The highest BCUT2D eigenvalue weighted by Crippen LogP contribution is 2.31. The van der Waals surface area contributed by atoms with E-state index in [0.29, 0.717) is 12.8 Å². The molecule has 2 saturated heterocycles. The van der Waals surface area contributed by atoms with Gasteiger partial charge in [0.05, 0.1) is 18.7 Å². The molecule has 0 bridgehead atoms. The summed E-state index contributed by atoms with van der Waals surface area (Å²) in [7, 11) is 1.61. The molecular weight excluding hydrogens is 424 g/mol. The predicted octanol–water partition coefficient (Wildman–Crippen LogP) is -3.35. The molecular formula is C20H38N4O8. The first kappa shape index (κ1) is 25.8. The normalized spacial score (nSPS) is 50.2. The highest BCUT2D eigenvalue weighted by atomic mass is 16.7. The number of rotatable bonds is 6. The third-order valence-corrected chi connectivity index (χ3v) is 6.65. The van der Waals surface area contributed by atoms with Gasteiger partial charge in [-0.3, -0.25) is 4.79 Å². The van der Waals surface area contributed by atoms with Crippen LogP contribution >= 0.6 is 0 Å². The van der Waals surface area contributed by atoms with Crippen LogP contribution in [0.1, 0.15) is 33.1 Å². The summed E-state index contributed by atoms with van der Waals surface area (Å²) in [6.45, 7) is 2.89. The van der Waals surface area contributed by atoms with Gasteiger partial charge >= 0.3 is 0 Å². The Morgan fingerprint density at radius 1 is 1.03 bits per heavy atom. The Balaban J connectivity index is 1.69. The Morgan fingerprint density at radius 2 is 1.62 bits per heavy atom. The van der Waals surface area contributed by atoms with Crippen molar-refractivity contribution in [2.45, 2.75) is 106 Å². The Bertz CT molecular complexity index is 655. The third-order valence-electron chi connectivity index (χ3n) is 6.65. The van der Waals surface area contributed by atoms with E-state index in [4.69, 9.17) is 36.1 Å². The molecule has 3 rings (SSSR count). The fourth-order valence-electron chi connectivity index (χ4n) is 4.76. The lowest BCUT2D eigenvalue weighted by Crippen LogP contribution is -2.68. The summed E-state index contributed by atoms with van der Waals surface area (Å²) in [5.74, 6) is -0.124. The van der Waals surface area contributed by atoms with Gasteiger partial charge in [-0.2, -0.15) is 0 Å². The number of nitrogens with two attached hydrogens (primary N) is 3. The van der Waals surface area contributed by atoms with Crippen LogP contribution in [0.3, 0.4) is 0 Å². The van der Waals surface area contributed by atoms with Crippen LogP contribution < -0.4 is 22.5 Å². The number of nitrogens with one attached hydrogen (secondary N) is 1. The maximum atomic E-state index is 11.7. The summed E-state index contributed by atoms with van der Waals surface area (Å²) >= 11 is 0. The van der Waals surface area contributed by atoms with Gasteiger partial charge in [-0.15, -0.1) is 0 Å². The van der Waals surface area contributed by atoms with E-state index in [0.717, 1.165) is 0 Å². The molecule has 186 valence electrons. The molecule has 0 aromatic carbocycles. The van der Waals surface area contributed by atoms with Gasteiger partial charge in [0.15, 0.2) is 18.4 Å². The average Bonchev–Trinajstić information content (AvgIpc) is 2.71. The fraction of sp³-hybridized carbons (Fsp3) is 0.950. The molecule has 1 saturated carbocycles. The second-order valence-corrected chi connectivity index (χ2v) is 9.39. The summed E-state index contributed by atoms with van der Waals surface area (Å²) in [5.41, 5.74) is 17.2. The van der Waals surface area contributed by atoms with Crippen LogP contribution in [0.4, 0.5) is 0 Å². The van der Waals surface area contributed by atoms with Crippen molar-refractivity contribution >= 4 is 5.78 Å². The molecule has 1 aliphatic carbocycles. The second-order valence-electron chi connectivity index (χ2n) is 9.39. The molecule has 0 aromatic rings. The van der Waals surface area contributed by atoms with Crippen LogP contribution in [0.2, 0.25) is 0 Å². The van der Waals surface area contributed by atoms with E-state index in [-0.39, 0.29) is 18.8 Å². The Labute approximate surface area is 187 Å². The van der Waals surface area contributed by atoms with Crippen LogP contribution in [0.5, 0.6) is 0 Å².